The van der Waals surface area contributed by atoms with Crippen LogP contribution in [0, 0.1) is 5.82 Å². The summed E-state index contributed by atoms with van der Waals surface area (Å²) >= 11 is 13.1. The van der Waals surface area contributed by atoms with Gasteiger partial charge < -0.3 is 14.4 Å². The molecule has 0 saturated carbocycles. The van der Waals surface area contributed by atoms with Crippen molar-refractivity contribution in [1.29, 1.82) is 0 Å². The Balaban J connectivity index is 1.61. The molecule has 174 valence electrons. The Bertz CT molecular complexity index is 986. The van der Waals surface area contributed by atoms with Crippen LogP contribution in [0.25, 0.3) is 0 Å². The Kier molecular flexibility index (Phi) is 7.89. The second-order valence-corrected chi connectivity index (χ2v) is 8.29. The normalized spacial score (nSPS) is 14.9. The molecule has 0 radical (unpaired) electrons. The van der Waals surface area contributed by atoms with Crippen molar-refractivity contribution in [1.82, 2.24) is 4.72 Å². The molecule has 12 heteroatoms. The number of nitrogens with one attached hydrogen (secondary N) is 1. The number of anilines is 1. The minimum atomic E-state index is -4.82. The number of hydrogen-bond donors (Lipinski definition) is 1. The van der Waals surface area contributed by atoms with E-state index >= 15 is 0 Å². The highest BCUT2D eigenvalue weighted by atomic mass is 35.5. The van der Waals surface area contributed by atoms with Crippen LogP contribution in [0.2, 0.25) is 10.0 Å². The van der Waals surface area contributed by atoms with Gasteiger partial charge in [-0.2, -0.15) is 0 Å². The number of rotatable bonds is 6. The topological polar surface area (TPSA) is 50.8 Å². The summed E-state index contributed by atoms with van der Waals surface area (Å²) in [6.45, 7) is 1.07. The molecule has 2 aromatic rings. The smallest absolute Gasteiger partial charge is 0.489 e. The number of benzene rings is 2. The maximum atomic E-state index is 14.3. The Labute approximate surface area is 196 Å². The number of hydrogen-bond acceptors (Lipinski definition) is 5. The summed E-state index contributed by atoms with van der Waals surface area (Å²) in [6, 6.07) is 6.39. The molecule has 2 aromatic carbocycles. The van der Waals surface area contributed by atoms with Crippen molar-refractivity contribution in [2.24, 2.45) is 0 Å². The minimum Gasteiger partial charge on any atom is -0.489 e. The number of amides is 1. The number of halogens is 6. The third-order valence-corrected chi connectivity index (χ3v) is 5.68. The zero-order valence-corrected chi connectivity index (χ0v) is 19.0. The predicted molar refractivity (Wildman–Crippen MR) is 116 cm³/mol. The molecule has 0 bridgehead atoms. The largest absolute Gasteiger partial charge is 0.573 e. The third-order valence-electron chi connectivity index (χ3n) is 4.70. The first-order valence-electron chi connectivity index (χ1n) is 9.36. The highest BCUT2D eigenvalue weighted by molar-refractivity contribution is 7.97. The number of nitrogens with zero attached hydrogens (tertiary/aromatic N) is 1. The molecule has 0 aliphatic carbocycles. The summed E-state index contributed by atoms with van der Waals surface area (Å²) in [4.78, 5) is 13.8. The molecule has 5 nitrogen and oxygen atoms in total. The van der Waals surface area contributed by atoms with Crippen molar-refractivity contribution >= 4 is 46.7 Å². The van der Waals surface area contributed by atoms with Crippen molar-refractivity contribution < 1.29 is 31.8 Å². The van der Waals surface area contributed by atoms with Gasteiger partial charge in [0.05, 0.1) is 15.6 Å². The van der Waals surface area contributed by atoms with E-state index in [0.717, 1.165) is 18.0 Å². The summed E-state index contributed by atoms with van der Waals surface area (Å²) in [7, 11) is 0. The van der Waals surface area contributed by atoms with E-state index < -0.39 is 23.8 Å². The lowest BCUT2D eigenvalue weighted by molar-refractivity contribution is -0.274. The number of piperidine rings is 1. The zero-order chi connectivity index (χ0) is 23.5. The summed E-state index contributed by atoms with van der Waals surface area (Å²) in [5.74, 6) is -1.67. The van der Waals surface area contributed by atoms with E-state index in [1.165, 1.54) is 24.3 Å². The average Bonchev–Trinajstić information content (AvgIpc) is 2.72. The van der Waals surface area contributed by atoms with Gasteiger partial charge in [0.1, 0.15) is 23.4 Å². The molecule has 3 rings (SSSR count). The Hall–Kier alpha value is -2.04. The Morgan fingerprint density at radius 2 is 1.78 bits per heavy atom. The van der Waals surface area contributed by atoms with E-state index in [1.807, 2.05) is 4.90 Å². The first kappa shape index (κ1) is 24.6. The molecule has 0 aromatic heterocycles. The van der Waals surface area contributed by atoms with Crippen molar-refractivity contribution in [2.45, 2.75) is 25.3 Å². The molecule has 1 fully saturated rings. The fourth-order valence-corrected chi connectivity index (χ4v) is 3.96. The summed E-state index contributed by atoms with van der Waals surface area (Å²) in [6.07, 6.45) is -2.31. The van der Waals surface area contributed by atoms with Crippen LogP contribution in [0.1, 0.15) is 23.2 Å². The minimum absolute atomic E-state index is 0.118. The molecule has 0 unspecified atom stereocenters. The number of alkyl halides is 3. The van der Waals surface area contributed by atoms with Crippen LogP contribution in [-0.4, -0.2) is 37.7 Å². The van der Waals surface area contributed by atoms with Crippen molar-refractivity contribution in [3.05, 3.63) is 51.8 Å². The second kappa shape index (κ2) is 10.3. The van der Waals surface area contributed by atoms with Gasteiger partial charge in [-0.3, -0.25) is 9.52 Å². The van der Waals surface area contributed by atoms with E-state index in [9.17, 15) is 22.4 Å². The van der Waals surface area contributed by atoms with Gasteiger partial charge in [-0.1, -0.05) is 35.1 Å². The van der Waals surface area contributed by atoms with Gasteiger partial charge in [-0.05, 0) is 24.3 Å². The quantitative estimate of drug-likeness (QED) is 0.375. The van der Waals surface area contributed by atoms with Crippen LogP contribution >= 0.6 is 35.1 Å². The molecule has 32 heavy (non-hydrogen) atoms. The van der Waals surface area contributed by atoms with Crippen LogP contribution in [-0.2, 0) is 0 Å². The molecule has 1 aliphatic heterocycles. The van der Waals surface area contributed by atoms with Crippen LogP contribution in [0.5, 0.6) is 11.5 Å². The van der Waals surface area contributed by atoms with Crippen molar-refractivity contribution in [2.75, 3.05) is 24.2 Å². The Morgan fingerprint density at radius 3 is 2.38 bits per heavy atom. The van der Waals surface area contributed by atoms with Crippen LogP contribution in [0.4, 0.5) is 23.2 Å². The lowest BCUT2D eigenvalue weighted by atomic mass is 10.1. The molecule has 1 heterocycles. The Morgan fingerprint density at radius 1 is 1.12 bits per heavy atom. The van der Waals surface area contributed by atoms with Gasteiger partial charge in [0.15, 0.2) is 0 Å². The molecule has 1 N–H and O–H groups in total. The van der Waals surface area contributed by atoms with Crippen LogP contribution in [0.3, 0.4) is 0 Å². The van der Waals surface area contributed by atoms with E-state index in [-0.39, 0.29) is 27.5 Å². The van der Waals surface area contributed by atoms with Crippen molar-refractivity contribution in [3.8, 4) is 11.5 Å². The molecule has 1 amide bonds. The summed E-state index contributed by atoms with van der Waals surface area (Å²) in [5, 5.41) is -0.0295. The second-order valence-electron chi connectivity index (χ2n) is 6.86. The molecule has 1 aliphatic rings. The fraction of sp³-hybridized carbons (Fsp3) is 0.350. The summed E-state index contributed by atoms with van der Waals surface area (Å²) in [5.41, 5.74) is 0.470. The van der Waals surface area contributed by atoms with Crippen molar-refractivity contribution in [3.63, 3.8) is 0 Å². The van der Waals surface area contributed by atoms with Gasteiger partial charge in [0, 0.05) is 43.9 Å². The first-order chi connectivity index (χ1) is 15.1. The van der Waals surface area contributed by atoms with Gasteiger partial charge in [0.2, 0.25) is 0 Å². The van der Waals surface area contributed by atoms with Gasteiger partial charge in [-0.15, -0.1) is 13.2 Å². The maximum absolute atomic E-state index is 14.3. The lowest BCUT2D eigenvalue weighted by Gasteiger charge is -2.34. The molecular formula is C20H18Cl2F4N2O3S. The van der Waals surface area contributed by atoms with Crippen LogP contribution < -0.4 is 19.1 Å². The highest BCUT2D eigenvalue weighted by Gasteiger charge is 2.32. The van der Waals surface area contributed by atoms with E-state index in [0.29, 0.717) is 31.6 Å². The lowest BCUT2D eigenvalue weighted by Crippen LogP contribution is -2.38. The maximum Gasteiger partial charge on any atom is 0.573 e. The number of carbonyl (C=O) groups excluding carboxylic acids is 1. The van der Waals surface area contributed by atoms with Crippen LogP contribution in [0.15, 0.2) is 30.3 Å². The standard InChI is InChI=1S/C20H18Cl2F4N2O3S/c1-32-27-19(29)13-9-15(22)18(10-16(13)23)30-12-4-6-28(7-5-12)11-2-3-17(14(21)8-11)31-20(24,25)26/h2-3,8-10,12H,4-7H2,1H3,(H,27,29). The third kappa shape index (κ3) is 6.26. The van der Waals surface area contributed by atoms with E-state index in [4.69, 9.17) is 27.9 Å². The summed E-state index contributed by atoms with van der Waals surface area (Å²) < 4.78 is 63.6. The molecule has 0 atom stereocenters. The van der Waals surface area contributed by atoms with Gasteiger partial charge in [-0.25, -0.2) is 4.39 Å². The van der Waals surface area contributed by atoms with E-state index in [1.54, 1.807) is 6.26 Å². The predicted octanol–water partition coefficient (Wildman–Crippen LogP) is 6.09. The fourth-order valence-electron chi connectivity index (χ4n) is 3.25. The molecular weight excluding hydrogens is 495 g/mol. The monoisotopic (exact) mass is 512 g/mol. The number of ether oxygens (including phenoxy) is 2. The number of carbonyl (C=O) groups is 1. The SMILES string of the molecule is CSNC(=O)c1cc(Cl)c(OC2CCN(c3ccc(OC(F)(F)F)c(Cl)c3)CC2)cc1F. The zero-order valence-electron chi connectivity index (χ0n) is 16.6. The average molecular weight is 513 g/mol. The van der Waals surface area contributed by atoms with Gasteiger partial charge >= 0.3 is 6.36 Å². The highest BCUT2D eigenvalue weighted by Crippen LogP contribution is 2.35. The molecule has 1 saturated heterocycles. The first-order valence-corrected chi connectivity index (χ1v) is 11.3. The van der Waals surface area contributed by atoms with Gasteiger partial charge in [0.25, 0.3) is 5.91 Å². The molecule has 0 spiro atoms. The van der Waals surface area contributed by atoms with E-state index in [2.05, 4.69) is 9.46 Å².